The van der Waals surface area contributed by atoms with Gasteiger partial charge in [-0.25, -0.2) is 14.2 Å². The maximum atomic E-state index is 12.9. The van der Waals surface area contributed by atoms with E-state index >= 15 is 0 Å². The topological polar surface area (TPSA) is 88.7 Å². The second kappa shape index (κ2) is 11.6. The maximum Gasteiger partial charge on any atom is 0.337 e. The molecule has 1 saturated heterocycles. The standard InChI is InChI=1S/C27H36N4O4/c1-20(2)30-24-10-6-7-11-25(24)31(27(30)34)26(33)28-15-12-21-13-16-29(17-14-21)18-22(32)19-35-23-8-4-3-5-9-23/h3-11,20-22,32H,12-19H2,1-2H3,(H,28,33). The van der Waals surface area contributed by atoms with Crippen LogP contribution in [0.5, 0.6) is 5.75 Å². The lowest BCUT2D eigenvalue weighted by Crippen LogP contribution is -2.41. The molecule has 4 rings (SSSR count). The molecule has 1 aliphatic rings. The molecule has 1 aromatic heterocycles. The first-order valence-electron chi connectivity index (χ1n) is 12.5. The van der Waals surface area contributed by atoms with Gasteiger partial charge in [0.2, 0.25) is 0 Å². The fourth-order valence-electron chi connectivity index (χ4n) is 4.85. The van der Waals surface area contributed by atoms with Crippen molar-refractivity contribution in [3.05, 3.63) is 65.1 Å². The van der Waals surface area contributed by atoms with Gasteiger partial charge in [-0.2, -0.15) is 0 Å². The summed E-state index contributed by atoms with van der Waals surface area (Å²) in [6.45, 7) is 7.13. The van der Waals surface area contributed by atoms with Crippen LogP contribution in [0, 0.1) is 5.92 Å². The minimum atomic E-state index is -0.530. The highest BCUT2D eigenvalue weighted by Crippen LogP contribution is 2.21. The molecule has 2 N–H and O–H groups in total. The molecule has 1 amide bonds. The normalized spacial score (nSPS) is 16.0. The van der Waals surface area contributed by atoms with Crippen molar-refractivity contribution in [2.24, 2.45) is 5.92 Å². The largest absolute Gasteiger partial charge is 0.491 e. The highest BCUT2D eigenvalue weighted by atomic mass is 16.5. The lowest BCUT2D eigenvalue weighted by Gasteiger charge is -2.33. The molecule has 1 atom stereocenters. The Labute approximate surface area is 206 Å². The van der Waals surface area contributed by atoms with E-state index < -0.39 is 6.10 Å². The van der Waals surface area contributed by atoms with Crippen molar-refractivity contribution < 1.29 is 14.6 Å². The number of aliphatic hydroxyl groups excluding tert-OH is 1. The SMILES string of the molecule is CC(C)n1c(=O)n(C(=O)NCCC2CCN(CC(O)COc3ccccc3)CC2)c2ccccc21. The van der Waals surface area contributed by atoms with Crippen LogP contribution in [-0.2, 0) is 0 Å². The number of nitrogens with one attached hydrogen (secondary N) is 1. The van der Waals surface area contributed by atoms with Crippen LogP contribution in [0.2, 0.25) is 0 Å². The molecule has 2 heterocycles. The third-order valence-electron chi connectivity index (χ3n) is 6.69. The summed E-state index contributed by atoms with van der Waals surface area (Å²) < 4.78 is 8.55. The molecule has 35 heavy (non-hydrogen) atoms. The minimum absolute atomic E-state index is 0.0324. The van der Waals surface area contributed by atoms with E-state index in [0.29, 0.717) is 24.5 Å². The number of ether oxygens (including phenoxy) is 1. The smallest absolute Gasteiger partial charge is 0.337 e. The number of benzene rings is 2. The molecular weight excluding hydrogens is 444 g/mol. The molecule has 1 fully saturated rings. The number of aromatic nitrogens is 2. The number of imidazole rings is 1. The number of carbonyl (C=O) groups is 1. The highest BCUT2D eigenvalue weighted by Gasteiger charge is 2.23. The number of aliphatic hydroxyl groups is 1. The highest BCUT2D eigenvalue weighted by molar-refractivity contribution is 5.89. The van der Waals surface area contributed by atoms with E-state index in [9.17, 15) is 14.7 Å². The summed E-state index contributed by atoms with van der Waals surface area (Å²) in [6, 6.07) is 16.5. The number of hydrogen-bond acceptors (Lipinski definition) is 5. The molecule has 0 bridgehead atoms. The first-order valence-corrected chi connectivity index (χ1v) is 12.5. The molecule has 1 aliphatic heterocycles. The average Bonchev–Trinajstić information content (AvgIpc) is 3.16. The summed E-state index contributed by atoms with van der Waals surface area (Å²) in [6.07, 6.45) is 2.39. The summed E-state index contributed by atoms with van der Waals surface area (Å²) in [5, 5.41) is 13.3. The van der Waals surface area contributed by atoms with Gasteiger partial charge in [-0.15, -0.1) is 0 Å². The Morgan fingerprint density at radius 1 is 1.06 bits per heavy atom. The van der Waals surface area contributed by atoms with Crippen LogP contribution in [0.25, 0.3) is 11.0 Å². The summed E-state index contributed by atoms with van der Waals surface area (Å²) in [5.74, 6) is 1.28. The average molecular weight is 481 g/mol. The summed E-state index contributed by atoms with van der Waals surface area (Å²) in [4.78, 5) is 28.1. The fourth-order valence-corrected chi connectivity index (χ4v) is 4.85. The number of rotatable bonds is 9. The molecule has 2 aromatic carbocycles. The second-order valence-corrected chi connectivity index (χ2v) is 9.61. The number of fused-ring (bicyclic) bond motifs is 1. The van der Waals surface area contributed by atoms with Crippen LogP contribution in [-0.4, -0.2) is 64.1 Å². The lowest BCUT2D eigenvalue weighted by atomic mass is 9.93. The number of β-amino-alcohol motifs (C(OH)–C–C–N with tert-alkyl or cyclic N) is 1. The van der Waals surface area contributed by atoms with Crippen molar-refractivity contribution in [1.29, 1.82) is 0 Å². The van der Waals surface area contributed by atoms with Gasteiger partial charge in [-0.1, -0.05) is 30.3 Å². The van der Waals surface area contributed by atoms with E-state index in [0.717, 1.165) is 43.6 Å². The van der Waals surface area contributed by atoms with Gasteiger partial charge in [-0.3, -0.25) is 4.57 Å². The Kier molecular flexibility index (Phi) is 8.25. The Bertz CT molecular complexity index is 1160. The quantitative estimate of drug-likeness (QED) is 0.490. The van der Waals surface area contributed by atoms with E-state index in [4.69, 9.17) is 4.74 Å². The minimum Gasteiger partial charge on any atom is -0.491 e. The van der Waals surface area contributed by atoms with E-state index in [1.807, 2.05) is 68.4 Å². The van der Waals surface area contributed by atoms with Crippen LogP contribution in [0.1, 0.15) is 39.2 Å². The third kappa shape index (κ3) is 6.13. The molecule has 0 radical (unpaired) electrons. The molecule has 8 heteroatoms. The van der Waals surface area contributed by atoms with E-state index in [-0.39, 0.29) is 24.4 Å². The van der Waals surface area contributed by atoms with Crippen molar-refractivity contribution >= 4 is 17.1 Å². The van der Waals surface area contributed by atoms with Crippen LogP contribution in [0.4, 0.5) is 4.79 Å². The number of nitrogens with zero attached hydrogens (tertiary/aromatic N) is 3. The Balaban J connectivity index is 1.21. The molecule has 0 spiro atoms. The first-order chi connectivity index (χ1) is 16.9. The van der Waals surface area contributed by atoms with Crippen LogP contribution in [0.3, 0.4) is 0 Å². The monoisotopic (exact) mass is 480 g/mol. The Hall–Kier alpha value is -3.10. The number of likely N-dealkylation sites (tertiary alicyclic amines) is 1. The fraction of sp³-hybridized carbons (Fsp3) is 0.481. The summed E-state index contributed by atoms with van der Waals surface area (Å²) in [5.41, 5.74) is 1.10. The third-order valence-corrected chi connectivity index (χ3v) is 6.69. The van der Waals surface area contributed by atoms with Gasteiger partial charge in [0.1, 0.15) is 18.5 Å². The molecule has 1 unspecified atom stereocenters. The molecule has 3 aromatic rings. The van der Waals surface area contributed by atoms with Crippen molar-refractivity contribution in [3.63, 3.8) is 0 Å². The Morgan fingerprint density at radius 3 is 2.40 bits per heavy atom. The first kappa shape index (κ1) is 25.0. The van der Waals surface area contributed by atoms with Crippen LogP contribution < -0.4 is 15.7 Å². The zero-order valence-corrected chi connectivity index (χ0v) is 20.6. The van der Waals surface area contributed by atoms with E-state index in [2.05, 4.69) is 10.2 Å². The number of hydrogen-bond donors (Lipinski definition) is 2. The van der Waals surface area contributed by atoms with Gasteiger partial charge < -0.3 is 20.1 Å². The van der Waals surface area contributed by atoms with Gasteiger partial charge >= 0.3 is 11.7 Å². The predicted octanol–water partition coefficient (Wildman–Crippen LogP) is 3.48. The number of para-hydroxylation sites is 3. The van der Waals surface area contributed by atoms with E-state index in [1.54, 1.807) is 4.57 Å². The molecule has 188 valence electrons. The number of carbonyl (C=O) groups excluding carboxylic acids is 1. The van der Waals surface area contributed by atoms with Gasteiger partial charge in [0.25, 0.3) is 0 Å². The second-order valence-electron chi connectivity index (χ2n) is 9.61. The number of amides is 1. The van der Waals surface area contributed by atoms with Crippen molar-refractivity contribution in [3.8, 4) is 5.75 Å². The van der Waals surface area contributed by atoms with Crippen molar-refractivity contribution in [2.75, 3.05) is 32.8 Å². The van der Waals surface area contributed by atoms with Crippen molar-refractivity contribution in [2.45, 2.75) is 45.3 Å². The van der Waals surface area contributed by atoms with Gasteiger partial charge in [0.05, 0.1) is 11.0 Å². The zero-order valence-electron chi connectivity index (χ0n) is 20.6. The van der Waals surface area contributed by atoms with Gasteiger partial charge in [0, 0.05) is 19.1 Å². The predicted molar refractivity (Wildman–Crippen MR) is 137 cm³/mol. The van der Waals surface area contributed by atoms with Crippen LogP contribution in [0.15, 0.2) is 59.4 Å². The molecular formula is C27H36N4O4. The maximum absolute atomic E-state index is 12.9. The Morgan fingerprint density at radius 2 is 1.71 bits per heavy atom. The molecule has 0 aliphatic carbocycles. The molecule has 8 nitrogen and oxygen atoms in total. The molecule has 0 saturated carbocycles. The van der Waals surface area contributed by atoms with Crippen LogP contribution >= 0.6 is 0 Å². The van der Waals surface area contributed by atoms with Gasteiger partial charge in [0.15, 0.2) is 0 Å². The van der Waals surface area contributed by atoms with E-state index in [1.165, 1.54) is 4.57 Å². The summed E-state index contributed by atoms with van der Waals surface area (Å²) in [7, 11) is 0. The zero-order chi connectivity index (χ0) is 24.8. The lowest BCUT2D eigenvalue weighted by molar-refractivity contribution is 0.0544. The van der Waals surface area contributed by atoms with Gasteiger partial charge in [-0.05, 0) is 76.4 Å². The summed E-state index contributed by atoms with van der Waals surface area (Å²) >= 11 is 0. The number of piperidine rings is 1. The van der Waals surface area contributed by atoms with Crippen molar-refractivity contribution in [1.82, 2.24) is 19.4 Å².